The van der Waals surface area contributed by atoms with Crippen LogP contribution in [-0.2, 0) is 14.3 Å². The molecule has 0 rings (SSSR count). The van der Waals surface area contributed by atoms with Crippen molar-refractivity contribution in [3.05, 3.63) is 36.5 Å². The van der Waals surface area contributed by atoms with Gasteiger partial charge in [0.1, 0.15) is 0 Å². The molecule has 574 valence electrons. The number of carbonyl (C=O) groups is 2. The van der Waals surface area contributed by atoms with Crippen LogP contribution in [0.2, 0.25) is 0 Å². The number of aliphatic hydroxyl groups excluding tert-OH is 2. The molecule has 6 heteroatoms. The third-order valence-electron chi connectivity index (χ3n) is 21.2. The zero-order valence-corrected chi connectivity index (χ0v) is 66.1. The van der Waals surface area contributed by atoms with Gasteiger partial charge in [-0.1, -0.05) is 448 Å². The smallest absolute Gasteiger partial charge is 0.305 e. The van der Waals surface area contributed by atoms with Crippen LogP contribution in [0.5, 0.6) is 0 Å². The summed E-state index contributed by atoms with van der Waals surface area (Å²) in [5.41, 5.74) is 0. The number of nitrogens with one attached hydrogen (secondary N) is 1. The minimum atomic E-state index is -0.664. The Bertz CT molecular complexity index is 1570. The van der Waals surface area contributed by atoms with Gasteiger partial charge in [0, 0.05) is 12.8 Å². The van der Waals surface area contributed by atoms with Gasteiger partial charge in [0.05, 0.1) is 25.4 Å². The fraction of sp³-hybridized carbons (Fsp3) is 0.912. The van der Waals surface area contributed by atoms with Gasteiger partial charge < -0.3 is 20.3 Å². The largest absolute Gasteiger partial charge is 0.466 e. The first-order chi connectivity index (χ1) is 48.0. The number of hydrogen-bond acceptors (Lipinski definition) is 5. The molecule has 0 aromatic carbocycles. The van der Waals surface area contributed by atoms with E-state index in [4.69, 9.17) is 4.74 Å². The predicted molar refractivity (Wildman–Crippen MR) is 430 cm³/mol. The minimum Gasteiger partial charge on any atom is -0.466 e. The SMILES string of the molecule is CCCCCCCC/C=C\CCCCCCCCCCCC(=O)OCCCCCCCCCCCCCCCCC/C=C\C/C=C\CCCCCCCCCCCCCCCCCCCC(=O)NC(CO)C(O)CCCCCCCCCCCCCCCCCCCCCCCC. The van der Waals surface area contributed by atoms with Crippen molar-refractivity contribution >= 4 is 11.9 Å². The number of rotatable bonds is 85. The molecule has 0 aromatic heterocycles. The van der Waals surface area contributed by atoms with Crippen LogP contribution >= 0.6 is 0 Å². The number of amides is 1. The molecule has 2 unspecified atom stereocenters. The monoisotopic (exact) mass is 1360 g/mol. The lowest BCUT2D eigenvalue weighted by molar-refractivity contribution is -0.143. The molecule has 97 heavy (non-hydrogen) atoms. The summed E-state index contributed by atoms with van der Waals surface area (Å²) < 4.78 is 5.52. The maximum absolute atomic E-state index is 12.6. The van der Waals surface area contributed by atoms with Crippen molar-refractivity contribution in [2.24, 2.45) is 0 Å². The van der Waals surface area contributed by atoms with E-state index in [9.17, 15) is 19.8 Å². The van der Waals surface area contributed by atoms with Crippen LogP contribution in [0.1, 0.15) is 508 Å². The van der Waals surface area contributed by atoms with Gasteiger partial charge in [0.15, 0.2) is 0 Å². The molecule has 0 aromatic rings. The second-order valence-electron chi connectivity index (χ2n) is 30.9. The molecule has 0 aliphatic rings. The van der Waals surface area contributed by atoms with E-state index in [1.54, 1.807) is 0 Å². The fourth-order valence-corrected chi connectivity index (χ4v) is 14.4. The van der Waals surface area contributed by atoms with E-state index in [1.165, 1.54) is 430 Å². The summed E-state index contributed by atoms with van der Waals surface area (Å²) >= 11 is 0. The molecule has 0 aliphatic carbocycles. The summed E-state index contributed by atoms with van der Waals surface area (Å²) in [6.07, 6.45) is 114. The van der Waals surface area contributed by atoms with Crippen LogP contribution in [0, 0.1) is 0 Å². The second-order valence-corrected chi connectivity index (χ2v) is 30.9. The summed E-state index contributed by atoms with van der Waals surface area (Å²) in [4.78, 5) is 24.7. The lowest BCUT2D eigenvalue weighted by atomic mass is 10.0. The molecule has 0 saturated heterocycles. The molecule has 3 N–H and O–H groups in total. The number of allylic oxidation sites excluding steroid dienone is 6. The molecule has 0 aliphatic heterocycles. The van der Waals surface area contributed by atoms with Gasteiger partial charge in [-0.3, -0.25) is 9.59 Å². The van der Waals surface area contributed by atoms with Gasteiger partial charge in [-0.15, -0.1) is 0 Å². The summed E-state index contributed by atoms with van der Waals surface area (Å²) in [7, 11) is 0. The highest BCUT2D eigenvalue weighted by Gasteiger charge is 2.20. The average molecular weight is 1360 g/mol. The Morgan fingerprint density at radius 3 is 0.794 bits per heavy atom. The Balaban J connectivity index is 3.35. The molecular weight excluding hydrogens is 1190 g/mol. The predicted octanol–water partition coefficient (Wildman–Crippen LogP) is 30.1. The fourth-order valence-electron chi connectivity index (χ4n) is 14.4. The molecule has 0 spiro atoms. The Morgan fingerprint density at radius 2 is 0.515 bits per heavy atom. The van der Waals surface area contributed by atoms with Crippen molar-refractivity contribution in [2.45, 2.75) is 520 Å². The molecule has 0 heterocycles. The zero-order chi connectivity index (χ0) is 69.8. The van der Waals surface area contributed by atoms with Gasteiger partial charge in [0.2, 0.25) is 5.91 Å². The third-order valence-corrected chi connectivity index (χ3v) is 21.2. The van der Waals surface area contributed by atoms with E-state index >= 15 is 0 Å². The van der Waals surface area contributed by atoms with Crippen LogP contribution in [0.15, 0.2) is 36.5 Å². The molecule has 0 saturated carbocycles. The number of aliphatic hydroxyl groups is 2. The highest BCUT2D eigenvalue weighted by Crippen LogP contribution is 2.21. The van der Waals surface area contributed by atoms with Crippen LogP contribution in [0.25, 0.3) is 0 Å². The highest BCUT2D eigenvalue weighted by atomic mass is 16.5. The van der Waals surface area contributed by atoms with E-state index in [0.29, 0.717) is 25.9 Å². The van der Waals surface area contributed by atoms with Crippen molar-refractivity contribution in [1.29, 1.82) is 0 Å². The average Bonchev–Trinajstić information content (AvgIpc) is 2.51. The van der Waals surface area contributed by atoms with Gasteiger partial charge >= 0.3 is 5.97 Å². The van der Waals surface area contributed by atoms with Crippen molar-refractivity contribution in [3.63, 3.8) is 0 Å². The first kappa shape index (κ1) is 95.1. The maximum Gasteiger partial charge on any atom is 0.305 e. The van der Waals surface area contributed by atoms with E-state index in [0.717, 1.165) is 44.9 Å². The Hall–Kier alpha value is -1.92. The van der Waals surface area contributed by atoms with Crippen LogP contribution in [0.3, 0.4) is 0 Å². The molecular formula is C91H175NO5. The quantitative estimate of drug-likeness (QED) is 0.0320. The van der Waals surface area contributed by atoms with Crippen molar-refractivity contribution in [1.82, 2.24) is 5.32 Å². The first-order valence-corrected chi connectivity index (χ1v) is 44.7. The van der Waals surface area contributed by atoms with Gasteiger partial charge in [-0.2, -0.15) is 0 Å². The van der Waals surface area contributed by atoms with Crippen LogP contribution < -0.4 is 5.32 Å². The maximum atomic E-state index is 12.6. The first-order valence-electron chi connectivity index (χ1n) is 44.7. The molecule has 0 bridgehead atoms. The van der Waals surface area contributed by atoms with E-state index in [2.05, 4.69) is 55.6 Å². The van der Waals surface area contributed by atoms with Crippen molar-refractivity contribution in [3.8, 4) is 0 Å². The van der Waals surface area contributed by atoms with Gasteiger partial charge in [-0.25, -0.2) is 0 Å². The molecule has 6 nitrogen and oxygen atoms in total. The molecule has 1 amide bonds. The van der Waals surface area contributed by atoms with E-state index in [1.807, 2.05) is 0 Å². The number of hydrogen-bond donors (Lipinski definition) is 3. The van der Waals surface area contributed by atoms with Crippen LogP contribution in [0.4, 0.5) is 0 Å². The summed E-state index contributed by atoms with van der Waals surface area (Å²) in [5.74, 6) is -0.00511. The van der Waals surface area contributed by atoms with Crippen LogP contribution in [-0.4, -0.2) is 47.4 Å². The number of unbranched alkanes of at least 4 members (excludes halogenated alkanes) is 68. The summed E-state index contributed by atoms with van der Waals surface area (Å²) in [6.45, 7) is 5.01. The van der Waals surface area contributed by atoms with Crippen molar-refractivity contribution in [2.75, 3.05) is 13.2 Å². The topological polar surface area (TPSA) is 95.9 Å². The lowest BCUT2D eigenvalue weighted by Gasteiger charge is -2.22. The third kappa shape index (κ3) is 82.9. The molecule has 0 fully saturated rings. The number of ether oxygens (including phenoxy) is 1. The van der Waals surface area contributed by atoms with E-state index in [-0.39, 0.29) is 18.5 Å². The highest BCUT2D eigenvalue weighted by molar-refractivity contribution is 5.76. The normalized spacial score (nSPS) is 12.6. The summed E-state index contributed by atoms with van der Waals surface area (Å²) in [6, 6.07) is -0.541. The standard InChI is InChI=1S/C91H175NO5/c1-3-5-7-9-11-13-15-17-19-21-23-24-44-48-51-55-59-63-67-71-75-79-83-89(94)88(87-93)92-90(95)84-80-76-72-68-64-60-56-52-49-45-42-40-38-36-34-32-30-28-26-25-27-29-31-33-35-37-39-41-43-46-50-54-58-62-66-70-74-78-82-86-97-91(96)85-81-77-73-69-65-61-57-53-47-22-20-18-16-14-12-10-8-6-4-2/h18,20,25-26,29,31,88-89,93-94H,3-17,19,21-24,27-28,30,32-87H2,1-2H3,(H,92,95)/b20-18-,26-25-,31-29-. The van der Waals surface area contributed by atoms with Crippen molar-refractivity contribution < 1.29 is 24.5 Å². The number of carbonyl (C=O) groups excluding carboxylic acids is 2. The van der Waals surface area contributed by atoms with Gasteiger partial charge in [0.25, 0.3) is 0 Å². The number of esters is 1. The Labute approximate surface area is 608 Å². The minimum absolute atomic E-state index is 0.0210. The van der Waals surface area contributed by atoms with Gasteiger partial charge in [-0.05, 0) is 83.5 Å². The molecule has 2 atom stereocenters. The zero-order valence-electron chi connectivity index (χ0n) is 66.1. The summed E-state index contributed by atoms with van der Waals surface area (Å²) in [5, 5.41) is 23.5. The Morgan fingerprint density at radius 1 is 0.289 bits per heavy atom. The molecule has 0 radical (unpaired) electrons. The Kier molecular flexibility index (Phi) is 84.8. The second kappa shape index (κ2) is 86.5. The lowest BCUT2D eigenvalue weighted by Crippen LogP contribution is -2.45. The van der Waals surface area contributed by atoms with E-state index < -0.39 is 12.1 Å².